The highest BCUT2D eigenvalue weighted by Crippen LogP contribution is 2.48. The van der Waals surface area contributed by atoms with Crippen molar-refractivity contribution in [1.29, 1.82) is 0 Å². The maximum Gasteiger partial charge on any atom is 0.237 e. The van der Waals surface area contributed by atoms with E-state index in [1.165, 1.54) is 0 Å². The molecule has 1 fully saturated rings. The number of ether oxygens (including phenoxy) is 1. The number of carbonyl (C=O) groups is 1. The molecule has 0 spiro atoms. The number of hydrogen-bond acceptors (Lipinski definition) is 4. The van der Waals surface area contributed by atoms with Crippen LogP contribution in [0.1, 0.15) is 24.8 Å². The first-order valence-corrected chi connectivity index (χ1v) is 7.35. The lowest BCUT2D eigenvalue weighted by atomic mass is 10.0. The van der Waals surface area contributed by atoms with Crippen LogP contribution in [0.15, 0.2) is 24.3 Å². The van der Waals surface area contributed by atoms with Crippen LogP contribution in [0.2, 0.25) is 0 Å². The van der Waals surface area contributed by atoms with E-state index >= 15 is 0 Å². The predicted octanol–water partition coefficient (Wildman–Crippen LogP) is 1.19. The molecule has 1 atom stereocenters. The number of hydrogen-bond donors (Lipinski definition) is 3. The molecule has 5 heteroatoms. The zero-order valence-electron chi connectivity index (χ0n) is 12.5. The maximum atomic E-state index is 12.0. The molecule has 1 amide bonds. The Morgan fingerprint density at radius 1 is 1.43 bits per heavy atom. The lowest BCUT2D eigenvalue weighted by molar-refractivity contribution is -0.122. The number of nitrogens with one attached hydrogen (secondary N) is 1. The van der Waals surface area contributed by atoms with Gasteiger partial charge in [0.1, 0.15) is 5.75 Å². The van der Waals surface area contributed by atoms with Crippen molar-refractivity contribution in [1.82, 2.24) is 5.32 Å². The van der Waals surface area contributed by atoms with Crippen molar-refractivity contribution in [2.45, 2.75) is 31.7 Å². The van der Waals surface area contributed by atoms with Gasteiger partial charge in [-0.15, -0.1) is 0 Å². The third kappa shape index (κ3) is 4.72. The van der Waals surface area contributed by atoms with Crippen LogP contribution in [0.4, 0.5) is 0 Å². The first-order chi connectivity index (χ1) is 10.0. The van der Waals surface area contributed by atoms with Crippen LogP contribution in [0.5, 0.6) is 5.75 Å². The van der Waals surface area contributed by atoms with Crippen LogP contribution >= 0.6 is 0 Å². The van der Waals surface area contributed by atoms with Crippen LogP contribution in [-0.4, -0.2) is 37.3 Å². The summed E-state index contributed by atoms with van der Waals surface area (Å²) in [5, 5.41) is 12.2. The van der Waals surface area contributed by atoms with Crippen LogP contribution in [-0.2, 0) is 16.0 Å². The molecule has 21 heavy (non-hydrogen) atoms. The molecule has 0 aliphatic heterocycles. The van der Waals surface area contributed by atoms with Crippen molar-refractivity contribution >= 4 is 5.91 Å². The number of carbonyl (C=O) groups excluding carboxylic acids is 1. The van der Waals surface area contributed by atoms with Crippen LogP contribution in [0.25, 0.3) is 0 Å². The molecular formula is C16H24N2O3. The molecule has 116 valence electrons. The molecule has 0 heterocycles. The zero-order valence-corrected chi connectivity index (χ0v) is 12.5. The molecule has 2 rings (SSSR count). The summed E-state index contributed by atoms with van der Waals surface area (Å²) < 4.78 is 5.10. The summed E-state index contributed by atoms with van der Waals surface area (Å²) in [7, 11) is 1.70. The second-order valence-corrected chi connectivity index (χ2v) is 5.94. The molecular weight excluding hydrogens is 268 g/mol. The van der Waals surface area contributed by atoms with E-state index in [1.807, 2.05) is 0 Å². The van der Waals surface area contributed by atoms with Crippen molar-refractivity contribution in [3.8, 4) is 5.75 Å². The van der Waals surface area contributed by atoms with E-state index in [9.17, 15) is 9.90 Å². The number of phenolic OH excluding ortho intramolecular Hbond substituents is 1. The van der Waals surface area contributed by atoms with Gasteiger partial charge in [-0.3, -0.25) is 4.79 Å². The minimum absolute atomic E-state index is 0.119. The van der Waals surface area contributed by atoms with Gasteiger partial charge in [-0.25, -0.2) is 0 Å². The molecule has 0 radical (unpaired) electrons. The Hall–Kier alpha value is -1.59. The summed E-state index contributed by atoms with van der Waals surface area (Å²) in [4.78, 5) is 12.0. The van der Waals surface area contributed by atoms with Gasteiger partial charge in [-0.1, -0.05) is 12.1 Å². The largest absolute Gasteiger partial charge is 0.508 e. The summed E-state index contributed by atoms with van der Waals surface area (Å²) in [5.74, 6) is 0.0948. The standard InChI is InChI=1S/C16H24N2O3/c1-21-9-8-16(6-7-16)11-18-15(20)14(17)10-12-2-4-13(19)5-3-12/h2-5,14,19H,6-11,17H2,1H3,(H,18,20). The quantitative estimate of drug-likeness (QED) is 0.672. The summed E-state index contributed by atoms with van der Waals surface area (Å²) >= 11 is 0. The average molecular weight is 292 g/mol. The fourth-order valence-corrected chi connectivity index (χ4v) is 2.39. The molecule has 0 saturated heterocycles. The Morgan fingerprint density at radius 2 is 2.10 bits per heavy atom. The van der Waals surface area contributed by atoms with Crippen LogP contribution in [0.3, 0.4) is 0 Å². The number of rotatable bonds is 8. The van der Waals surface area contributed by atoms with Crippen LogP contribution in [0, 0.1) is 5.41 Å². The van der Waals surface area contributed by atoms with Gasteiger partial charge in [0.25, 0.3) is 0 Å². The monoisotopic (exact) mass is 292 g/mol. The molecule has 5 nitrogen and oxygen atoms in total. The van der Waals surface area contributed by atoms with E-state index in [2.05, 4.69) is 5.32 Å². The Bertz CT molecular complexity index is 469. The third-order valence-corrected chi connectivity index (χ3v) is 4.16. The smallest absolute Gasteiger partial charge is 0.237 e. The fraction of sp³-hybridized carbons (Fsp3) is 0.562. The minimum atomic E-state index is -0.562. The van der Waals surface area contributed by atoms with Gasteiger partial charge in [-0.05, 0) is 48.8 Å². The second-order valence-electron chi connectivity index (χ2n) is 5.94. The third-order valence-electron chi connectivity index (χ3n) is 4.16. The number of nitrogens with two attached hydrogens (primary N) is 1. The summed E-state index contributed by atoms with van der Waals surface area (Å²) in [6.45, 7) is 1.41. The summed E-state index contributed by atoms with van der Waals surface area (Å²) in [5.41, 5.74) is 7.10. The number of amides is 1. The van der Waals surface area contributed by atoms with Gasteiger partial charge in [0.15, 0.2) is 0 Å². The van der Waals surface area contributed by atoms with Crippen molar-refractivity contribution in [3.05, 3.63) is 29.8 Å². The lowest BCUT2D eigenvalue weighted by Crippen LogP contribution is -2.44. The highest BCUT2D eigenvalue weighted by atomic mass is 16.5. The van der Waals surface area contributed by atoms with Gasteiger partial charge in [0.05, 0.1) is 6.04 Å². The lowest BCUT2D eigenvalue weighted by Gasteiger charge is -2.18. The topological polar surface area (TPSA) is 84.6 Å². The highest BCUT2D eigenvalue weighted by Gasteiger charge is 2.42. The molecule has 1 aliphatic carbocycles. The Morgan fingerprint density at radius 3 is 2.67 bits per heavy atom. The van der Waals surface area contributed by atoms with Crippen molar-refractivity contribution in [3.63, 3.8) is 0 Å². The Kier molecular flexibility index (Phi) is 5.20. The Balaban J connectivity index is 1.76. The number of phenols is 1. The van der Waals surface area contributed by atoms with Gasteiger partial charge < -0.3 is 20.9 Å². The molecule has 1 aromatic carbocycles. The zero-order chi connectivity index (χ0) is 15.3. The van der Waals surface area contributed by atoms with E-state index in [-0.39, 0.29) is 17.1 Å². The average Bonchev–Trinajstić information content (AvgIpc) is 3.25. The van der Waals surface area contributed by atoms with E-state index in [0.717, 1.165) is 31.4 Å². The van der Waals surface area contributed by atoms with Gasteiger partial charge in [-0.2, -0.15) is 0 Å². The minimum Gasteiger partial charge on any atom is -0.508 e. The molecule has 1 saturated carbocycles. The van der Waals surface area contributed by atoms with Crippen molar-refractivity contribution < 1.29 is 14.6 Å². The number of benzene rings is 1. The normalized spacial score (nSPS) is 17.2. The summed E-state index contributed by atoms with van der Waals surface area (Å²) in [6.07, 6.45) is 3.74. The van der Waals surface area contributed by atoms with E-state index in [4.69, 9.17) is 10.5 Å². The second kappa shape index (κ2) is 6.91. The van der Waals surface area contributed by atoms with Gasteiger partial charge in [0.2, 0.25) is 5.91 Å². The first-order valence-electron chi connectivity index (χ1n) is 7.35. The van der Waals surface area contributed by atoms with E-state index in [1.54, 1.807) is 31.4 Å². The molecule has 0 bridgehead atoms. The van der Waals surface area contributed by atoms with Gasteiger partial charge in [0, 0.05) is 20.3 Å². The summed E-state index contributed by atoms with van der Waals surface area (Å²) in [6, 6.07) is 6.20. The first kappa shape index (κ1) is 15.8. The van der Waals surface area contributed by atoms with Crippen molar-refractivity contribution in [2.24, 2.45) is 11.1 Å². The van der Waals surface area contributed by atoms with Gasteiger partial charge >= 0.3 is 0 Å². The number of aromatic hydroxyl groups is 1. The molecule has 4 N–H and O–H groups in total. The highest BCUT2D eigenvalue weighted by molar-refractivity contribution is 5.81. The predicted molar refractivity (Wildman–Crippen MR) is 81.0 cm³/mol. The Labute approximate surface area is 125 Å². The molecule has 1 unspecified atom stereocenters. The maximum absolute atomic E-state index is 12.0. The van der Waals surface area contributed by atoms with E-state index < -0.39 is 6.04 Å². The van der Waals surface area contributed by atoms with Crippen molar-refractivity contribution in [2.75, 3.05) is 20.3 Å². The van der Waals surface area contributed by atoms with Crippen LogP contribution < -0.4 is 11.1 Å². The SMILES string of the molecule is COCCC1(CNC(=O)C(N)Cc2ccc(O)cc2)CC1. The molecule has 1 aromatic rings. The molecule has 0 aromatic heterocycles. The number of methoxy groups -OCH3 is 1. The fourth-order valence-electron chi connectivity index (χ4n) is 2.39. The van der Waals surface area contributed by atoms with E-state index in [0.29, 0.717) is 13.0 Å². The molecule has 1 aliphatic rings.